The molecule has 4 rings (SSSR count). The summed E-state index contributed by atoms with van der Waals surface area (Å²) in [6, 6.07) is 3.71. The van der Waals surface area contributed by atoms with E-state index in [1.54, 1.807) is 30.7 Å². The Morgan fingerprint density at radius 1 is 1.50 bits per heavy atom. The number of hydrogen-bond acceptors (Lipinski definition) is 5. The Balaban J connectivity index is 1.48. The molecule has 2 atom stereocenters. The van der Waals surface area contributed by atoms with Crippen LogP contribution in [0.2, 0.25) is 0 Å². The fraction of sp³-hybridized carbons (Fsp3) is 0.375. The number of ether oxygens (including phenoxy) is 1. The number of carbonyl (C=O) groups excluding carboxylic acids is 1. The highest BCUT2D eigenvalue weighted by molar-refractivity contribution is 5.94. The van der Waals surface area contributed by atoms with Crippen LogP contribution in [0.15, 0.2) is 37.2 Å². The van der Waals surface area contributed by atoms with Gasteiger partial charge in [-0.05, 0) is 18.6 Å². The lowest BCUT2D eigenvalue weighted by Gasteiger charge is -2.24. The molecule has 124 valence electrons. The topological polar surface area (TPSA) is 88.4 Å². The number of amides is 1. The Hall–Kier alpha value is -2.74. The Labute approximate surface area is 138 Å². The molecule has 1 amide bonds. The second-order valence-corrected chi connectivity index (χ2v) is 6.00. The van der Waals surface area contributed by atoms with Crippen molar-refractivity contribution in [3.05, 3.63) is 48.6 Å². The number of H-pyrrole nitrogens is 1. The Kier molecular flexibility index (Phi) is 3.73. The van der Waals surface area contributed by atoms with E-state index in [1.807, 2.05) is 16.5 Å². The highest BCUT2D eigenvalue weighted by Crippen LogP contribution is 2.29. The summed E-state index contributed by atoms with van der Waals surface area (Å²) >= 11 is 0. The molecule has 1 aliphatic rings. The van der Waals surface area contributed by atoms with Crippen LogP contribution in [0.25, 0.3) is 5.52 Å². The van der Waals surface area contributed by atoms with E-state index in [0.717, 1.165) is 17.8 Å². The predicted molar refractivity (Wildman–Crippen MR) is 85.6 cm³/mol. The highest BCUT2D eigenvalue weighted by Gasteiger charge is 2.33. The average Bonchev–Trinajstić information content (AvgIpc) is 3.33. The zero-order chi connectivity index (χ0) is 16.5. The summed E-state index contributed by atoms with van der Waals surface area (Å²) in [5.41, 5.74) is 1.58. The Morgan fingerprint density at radius 2 is 2.42 bits per heavy atom. The van der Waals surface area contributed by atoms with Crippen LogP contribution in [0.4, 0.5) is 0 Å². The van der Waals surface area contributed by atoms with Gasteiger partial charge in [-0.2, -0.15) is 5.10 Å². The van der Waals surface area contributed by atoms with E-state index in [4.69, 9.17) is 4.74 Å². The summed E-state index contributed by atoms with van der Waals surface area (Å²) in [6.45, 7) is 1.17. The van der Waals surface area contributed by atoms with Gasteiger partial charge in [0.25, 0.3) is 5.91 Å². The third-order valence-corrected chi connectivity index (χ3v) is 4.45. The molecule has 8 nitrogen and oxygen atoms in total. The van der Waals surface area contributed by atoms with Crippen molar-refractivity contribution >= 4 is 11.4 Å². The summed E-state index contributed by atoms with van der Waals surface area (Å²) in [6.07, 6.45) is 7.54. The predicted octanol–water partition coefficient (Wildman–Crippen LogP) is 1.10. The third-order valence-electron chi connectivity index (χ3n) is 4.45. The van der Waals surface area contributed by atoms with Gasteiger partial charge in [0.05, 0.1) is 29.7 Å². The molecule has 0 aliphatic carbocycles. The van der Waals surface area contributed by atoms with Crippen molar-refractivity contribution in [1.82, 2.24) is 29.5 Å². The van der Waals surface area contributed by atoms with Crippen molar-refractivity contribution < 1.29 is 9.53 Å². The number of hydrogen-bond donors (Lipinski definition) is 1. The number of imidazole rings is 1. The SMILES string of the molecule is CN(C[C@H]1OCC[C@H]1c1ncn[nH]1)C(=O)c1ccc2cncn2c1. The first-order valence-electron chi connectivity index (χ1n) is 7.86. The molecule has 8 heteroatoms. The number of aromatic amines is 1. The van der Waals surface area contributed by atoms with Crippen LogP contribution < -0.4 is 0 Å². The Morgan fingerprint density at radius 3 is 3.25 bits per heavy atom. The zero-order valence-corrected chi connectivity index (χ0v) is 13.3. The first-order valence-corrected chi connectivity index (χ1v) is 7.86. The molecule has 0 unspecified atom stereocenters. The lowest BCUT2D eigenvalue weighted by atomic mass is 10.0. The molecule has 1 fully saturated rings. The smallest absolute Gasteiger partial charge is 0.255 e. The van der Waals surface area contributed by atoms with Gasteiger partial charge >= 0.3 is 0 Å². The fourth-order valence-corrected chi connectivity index (χ4v) is 3.15. The molecule has 1 N–H and O–H groups in total. The zero-order valence-electron chi connectivity index (χ0n) is 13.3. The van der Waals surface area contributed by atoms with E-state index < -0.39 is 0 Å². The van der Waals surface area contributed by atoms with Crippen LogP contribution in [0.5, 0.6) is 0 Å². The monoisotopic (exact) mass is 326 g/mol. The minimum absolute atomic E-state index is 0.0441. The van der Waals surface area contributed by atoms with Gasteiger partial charge in [-0.15, -0.1) is 0 Å². The highest BCUT2D eigenvalue weighted by atomic mass is 16.5. The van der Waals surface area contributed by atoms with Crippen molar-refractivity contribution in [2.45, 2.75) is 18.4 Å². The van der Waals surface area contributed by atoms with E-state index in [1.165, 1.54) is 6.33 Å². The second kappa shape index (κ2) is 6.04. The molecule has 0 radical (unpaired) electrons. The normalized spacial score (nSPS) is 20.5. The Bertz CT molecular complexity index is 843. The maximum Gasteiger partial charge on any atom is 0.255 e. The maximum absolute atomic E-state index is 12.7. The maximum atomic E-state index is 12.7. The number of rotatable bonds is 4. The van der Waals surface area contributed by atoms with E-state index in [-0.39, 0.29) is 17.9 Å². The number of aromatic nitrogens is 5. The summed E-state index contributed by atoms with van der Waals surface area (Å²) in [5, 5.41) is 6.81. The third kappa shape index (κ3) is 2.65. The van der Waals surface area contributed by atoms with E-state index in [0.29, 0.717) is 18.7 Å². The summed E-state index contributed by atoms with van der Waals surface area (Å²) in [5.74, 6) is 0.912. The van der Waals surface area contributed by atoms with Crippen molar-refractivity contribution in [1.29, 1.82) is 0 Å². The van der Waals surface area contributed by atoms with Crippen molar-refractivity contribution in [2.75, 3.05) is 20.2 Å². The largest absolute Gasteiger partial charge is 0.376 e. The molecule has 1 aliphatic heterocycles. The number of pyridine rings is 1. The van der Waals surface area contributed by atoms with Crippen molar-refractivity contribution in [3.63, 3.8) is 0 Å². The van der Waals surface area contributed by atoms with Crippen molar-refractivity contribution in [3.8, 4) is 0 Å². The van der Waals surface area contributed by atoms with Gasteiger partial charge in [-0.1, -0.05) is 0 Å². The van der Waals surface area contributed by atoms with Crippen LogP contribution in [0.1, 0.15) is 28.5 Å². The van der Waals surface area contributed by atoms with Gasteiger partial charge in [-0.3, -0.25) is 9.89 Å². The molecular weight excluding hydrogens is 308 g/mol. The number of fused-ring (bicyclic) bond motifs is 1. The van der Waals surface area contributed by atoms with Gasteiger partial charge in [0, 0.05) is 32.3 Å². The number of nitrogens with one attached hydrogen (secondary N) is 1. The van der Waals surface area contributed by atoms with Gasteiger partial charge in [0.15, 0.2) is 0 Å². The number of nitrogens with zero attached hydrogens (tertiary/aromatic N) is 5. The quantitative estimate of drug-likeness (QED) is 0.775. The van der Waals surface area contributed by atoms with Gasteiger partial charge in [-0.25, -0.2) is 9.97 Å². The van der Waals surface area contributed by atoms with Crippen LogP contribution in [0, 0.1) is 0 Å². The first-order chi connectivity index (χ1) is 11.7. The summed E-state index contributed by atoms with van der Waals surface area (Å²) in [7, 11) is 1.79. The lowest BCUT2D eigenvalue weighted by molar-refractivity contribution is 0.0550. The van der Waals surface area contributed by atoms with Gasteiger partial charge in [0.1, 0.15) is 12.2 Å². The summed E-state index contributed by atoms with van der Waals surface area (Å²) < 4.78 is 7.64. The van der Waals surface area contributed by atoms with Crippen LogP contribution in [-0.4, -0.2) is 61.7 Å². The fourth-order valence-electron chi connectivity index (χ4n) is 3.15. The van der Waals surface area contributed by atoms with Gasteiger partial charge < -0.3 is 14.0 Å². The molecule has 0 spiro atoms. The minimum atomic E-state index is -0.0797. The molecule has 1 saturated heterocycles. The average molecular weight is 326 g/mol. The standard InChI is InChI=1S/C16H18N6O2/c1-21(8-14-13(4-5-24-14)15-18-9-19-20-15)16(23)11-2-3-12-6-17-10-22(12)7-11/h2-3,6-7,9-10,13-14H,4-5,8H2,1H3,(H,18,19,20)/t13-,14-/m1/s1. The lowest BCUT2D eigenvalue weighted by Crippen LogP contribution is -2.36. The van der Waals surface area contributed by atoms with E-state index >= 15 is 0 Å². The molecule has 3 aromatic heterocycles. The molecular formula is C16H18N6O2. The van der Waals surface area contributed by atoms with E-state index in [2.05, 4.69) is 20.2 Å². The molecule has 0 saturated carbocycles. The first kappa shape index (κ1) is 14.8. The minimum Gasteiger partial charge on any atom is -0.376 e. The van der Waals surface area contributed by atoms with Crippen LogP contribution >= 0.6 is 0 Å². The molecule has 3 aromatic rings. The molecule has 4 heterocycles. The number of likely N-dealkylation sites (N-methyl/N-ethyl adjacent to an activating group) is 1. The number of carbonyl (C=O) groups is 1. The molecule has 0 bridgehead atoms. The van der Waals surface area contributed by atoms with E-state index in [9.17, 15) is 4.79 Å². The van der Waals surface area contributed by atoms with Gasteiger partial charge in [0.2, 0.25) is 0 Å². The van der Waals surface area contributed by atoms with Crippen molar-refractivity contribution in [2.24, 2.45) is 0 Å². The summed E-state index contributed by atoms with van der Waals surface area (Å²) in [4.78, 5) is 22.7. The molecule has 0 aromatic carbocycles. The molecule has 24 heavy (non-hydrogen) atoms. The van der Waals surface area contributed by atoms with Crippen LogP contribution in [-0.2, 0) is 4.74 Å². The van der Waals surface area contributed by atoms with Crippen LogP contribution in [0.3, 0.4) is 0 Å². The second-order valence-electron chi connectivity index (χ2n) is 6.00.